The van der Waals surface area contributed by atoms with Crippen LogP contribution in [-0.4, -0.2) is 23.9 Å². The lowest BCUT2D eigenvalue weighted by Crippen LogP contribution is -2.33. The van der Waals surface area contributed by atoms with E-state index >= 15 is 0 Å². The zero-order chi connectivity index (χ0) is 18.1. The largest absolute Gasteiger partial charge is 0.468 e. The predicted octanol–water partition coefficient (Wildman–Crippen LogP) is 3.76. The van der Waals surface area contributed by atoms with Gasteiger partial charge in [-0.2, -0.15) is 5.26 Å². The average molecular weight is 339 g/mol. The number of anilines is 1. The Morgan fingerprint density at radius 3 is 2.48 bits per heavy atom. The molecule has 5 nitrogen and oxygen atoms in total. The molecule has 1 amide bonds. The molecule has 25 heavy (non-hydrogen) atoms. The van der Waals surface area contributed by atoms with Crippen LogP contribution in [0.2, 0.25) is 0 Å². The van der Waals surface area contributed by atoms with Crippen LogP contribution in [-0.2, 0) is 24.2 Å². The highest BCUT2D eigenvalue weighted by Gasteiger charge is 2.15. The van der Waals surface area contributed by atoms with Crippen molar-refractivity contribution >= 4 is 11.6 Å². The SMILES string of the molecule is CCc1cccc(CC)c1NC(=O)CN(CCC#N)Cc1ccco1. The van der Waals surface area contributed by atoms with Crippen molar-refractivity contribution in [2.45, 2.75) is 39.7 Å². The lowest BCUT2D eigenvalue weighted by molar-refractivity contribution is -0.117. The summed E-state index contributed by atoms with van der Waals surface area (Å²) in [5.74, 6) is 0.717. The van der Waals surface area contributed by atoms with Crippen LogP contribution in [0.5, 0.6) is 0 Å². The van der Waals surface area contributed by atoms with Crippen LogP contribution in [0.25, 0.3) is 0 Å². The molecule has 0 aliphatic rings. The van der Waals surface area contributed by atoms with Gasteiger partial charge in [-0.25, -0.2) is 0 Å². The van der Waals surface area contributed by atoms with Crippen molar-refractivity contribution in [1.29, 1.82) is 5.26 Å². The standard InChI is InChI=1S/C20H25N3O2/c1-3-16-8-5-9-17(4-2)20(16)22-19(24)15-23(12-7-11-21)14-18-10-6-13-25-18/h5-6,8-10,13H,3-4,7,12,14-15H2,1-2H3,(H,22,24). The van der Waals surface area contributed by atoms with E-state index in [-0.39, 0.29) is 12.5 Å². The molecular formula is C20H25N3O2. The van der Waals surface area contributed by atoms with Crippen molar-refractivity contribution in [3.8, 4) is 6.07 Å². The molecule has 0 aliphatic heterocycles. The molecule has 0 radical (unpaired) electrons. The third kappa shape index (κ3) is 5.47. The first kappa shape index (κ1) is 18.8. The highest BCUT2D eigenvalue weighted by Crippen LogP contribution is 2.22. The molecule has 0 spiro atoms. The fourth-order valence-electron chi connectivity index (χ4n) is 2.83. The van der Waals surface area contributed by atoms with E-state index in [1.165, 1.54) is 0 Å². The molecule has 0 saturated heterocycles. The second-order valence-electron chi connectivity index (χ2n) is 5.90. The van der Waals surface area contributed by atoms with Gasteiger partial charge in [-0.15, -0.1) is 0 Å². The topological polar surface area (TPSA) is 69.3 Å². The number of benzene rings is 1. The van der Waals surface area contributed by atoms with Gasteiger partial charge in [0.1, 0.15) is 5.76 Å². The summed E-state index contributed by atoms with van der Waals surface area (Å²) >= 11 is 0. The zero-order valence-corrected chi connectivity index (χ0v) is 14.9. The number of hydrogen-bond acceptors (Lipinski definition) is 4. The fraction of sp³-hybridized carbons (Fsp3) is 0.400. The maximum Gasteiger partial charge on any atom is 0.238 e. The summed E-state index contributed by atoms with van der Waals surface area (Å²) in [5, 5.41) is 11.9. The number of rotatable bonds is 9. The first-order valence-electron chi connectivity index (χ1n) is 8.70. The number of furan rings is 1. The quantitative estimate of drug-likeness (QED) is 0.755. The minimum absolute atomic E-state index is 0.0694. The normalized spacial score (nSPS) is 10.6. The molecule has 1 aromatic carbocycles. The highest BCUT2D eigenvalue weighted by atomic mass is 16.3. The molecule has 1 N–H and O–H groups in total. The maximum absolute atomic E-state index is 12.6. The minimum Gasteiger partial charge on any atom is -0.468 e. The molecule has 0 aliphatic carbocycles. The molecule has 0 fully saturated rings. The van der Waals surface area contributed by atoms with Crippen LogP contribution in [0.4, 0.5) is 5.69 Å². The summed E-state index contributed by atoms with van der Waals surface area (Å²) in [7, 11) is 0. The number of carbonyl (C=O) groups excluding carboxylic acids is 1. The Balaban J connectivity index is 2.07. The molecule has 5 heteroatoms. The molecule has 0 unspecified atom stereocenters. The average Bonchev–Trinajstić information content (AvgIpc) is 3.12. The maximum atomic E-state index is 12.6. The van der Waals surface area contributed by atoms with Crippen molar-refractivity contribution in [1.82, 2.24) is 4.90 Å². The monoisotopic (exact) mass is 339 g/mol. The minimum atomic E-state index is -0.0694. The van der Waals surface area contributed by atoms with Crippen molar-refractivity contribution in [2.75, 3.05) is 18.4 Å². The number of para-hydroxylation sites is 1. The lowest BCUT2D eigenvalue weighted by atomic mass is 10.0. The Labute approximate surface area is 149 Å². The van der Waals surface area contributed by atoms with Crippen molar-refractivity contribution in [3.63, 3.8) is 0 Å². The summed E-state index contributed by atoms with van der Waals surface area (Å²) in [6, 6.07) is 12.0. The Morgan fingerprint density at radius 1 is 1.20 bits per heavy atom. The van der Waals surface area contributed by atoms with Gasteiger partial charge in [0.2, 0.25) is 5.91 Å². The molecule has 0 bridgehead atoms. The van der Waals surface area contributed by atoms with Crippen LogP contribution in [0.1, 0.15) is 37.2 Å². The van der Waals surface area contributed by atoms with Crippen LogP contribution >= 0.6 is 0 Å². The Kier molecular flexibility index (Phi) is 7.24. The van der Waals surface area contributed by atoms with Gasteiger partial charge in [-0.3, -0.25) is 9.69 Å². The number of aryl methyl sites for hydroxylation is 2. The van der Waals surface area contributed by atoms with E-state index < -0.39 is 0 Å². The lowest BCUT2D eigenvalue weighted by Gasteiger charge is -2.21. The van der Waals surface area contributed by atoms with Crippen molar-refractivity contribution in [2.24, 2.45) is 0 Å². The van der Waals surface area contributed by atoms with Gasteiger partial charge in [0.05, 0.1) is 25.4 Å². The molecule has 0 atom stereocenters. The smallest absolute Gasteiger partial charge is 0.238 e. The fourth-order valence-corrected chi connectivity index (χ4v) is 2.83. The van der Waals surface area contributed by atoms with E-state index in [9.17, 15) is 4.79 Å². The van der Waals surface area contributed by atoms with Crippen LogP contribution in [0.3, 0.4) is 0 Å². The van der Waals surface area contributed by atoms with E-state index in [4.69, 9.17) is 9.68 Å². The van der Waals surface area contributed by atoms with Gasteiger partial charge < -0.3 is 9.73 Å². The van der Waals surface area contributed by atoms with E-state index in [1.54, 1.807) is 6.26 Å². The Morgan fingerprint density at radius 2 is 1.92 bits per heavy atom. The van der Waals surface area contributed by atoms with Crippen molar-refractivity contribution in [3.05, 3.63) is 53.5 Å². The molecule has 0 saturated carbocycles. The van der Waals surface area contributed by atoms with E-state index in [0.717, 1.165) is 35.4 Å². The number of carbonyl (C=O) groups is 1. The van der Waals surface area contributed by atoms with E-state index in [1.807, 2.05) is 35.2 Å². The van der Waals surface area contributed by atoms with Gasteiger partial charge in [0.25, 0.3) is 0 Å². The van der Waals surface area contributed by atoms with Gasteiger partial charge in [-0.1, -0.05) is 32.0 Å². The summed E-state index contributed by atoms with van der Waals surface area (Å²) < 4.78 is 5.36. The first-order valence-corrected chi connectivity index (χ1v) is 8.70. The third-order valence-electron chi connectivity index (χ3n) is 4.13. The number of hydrogen-bond donors (Lipinski definition) is 1. The summed E-state index contributed by atoms with van der Waals surface area (Å²) in [4.78, 5) is 14.5. The Bertz CT molecular complexity index is 695. The number of nitrogens with one attached hydrogen (secondary N) is 1. The summed E-state index contributed by atoms with van der Waals surface area (Å²) in [6.45, 7) is 5.43. The van der Waals surface area contributed by atoms with E-state index in [0.29, 0.717) is 19.5 Å². The highest BCUT2D eigenvalue weighted by molar-refractivity contribution is 5.93. The van der Waals surface area contributed by atoms with Crippen LogP contribution in [0, 0.1) is 11.3 Å². The third-order valence-corrected chi connectivity index (χ3v) is 4.13. The first-order chi connectivity index (χ1) is 12.2. The van der Waals surface area contributed by atoms with Crippen LogP contribution in [0.15, 0.2) is 41.0 Å². The predicted molar refractivity (Wildman–Crippen MR) is 98.0 cm³/mol. The van der Waals surface area contributed by atoms with Gasteiger partial charge in [0, 0.05) is 18.7 Å². The molecule has 1 aromatic heterocycles. The molecule has 2 aromatic rings. The van der Waals surface area contributed by atoms with Gasteiger partial charge in [-0.05, 0) is 36.1 Å². The number of nitriles is 1. The van der Waals surface area contributed by atoms with Gasteiger partial charge >= 0.3 is 0 Å². The second-order valence-corrected chi connectivity index (χ2v) is 5.90. The molecular weight excluding hydrogens is 314 g/mol. The molecule has 1 heterocycles. The van der Waals surface area contributed by atoms with Crippen LogP contribution < -0.4 is 5.32 Å². The molecule has 2 rings (SSSR count). The number of amides is 1. The Hall–Kier alpha value is -2.58. The summed E-state index contributed by atoms with van der Waals surface area (Å²) in [5.41, 5.74) is 3.21. The second kappa shape index (κ2) is 9.65. The van der Waals surface area contributed by atoms with E-state index in [2.05, 4.69) is 25.2 Å². The van der Waals surface area contributed by atoms with Crippen molar-refractivity contribution < 1.29 is 9.21 Å². The summed E-state index contributed by atoms with van der Waals surface area (Å²) in [6.07, 6.45) is 3.73. The number of nitrogens with zero attached hydrogens (tertiary/aromatic N) is 2. The molecule has 132 valence electrons. The van der Waals surface area contributed by atoms with Gasteiger partial charge in [0.15, 0.2) is 0 Å². The zero-order valence-electron chi connectivity index (χ0n) is 14.9.